The van der Waals surface area contributed by atoms with E-state index in [1.54, 1.807) is 0 Å². The SMILES string of the molecule is CCOC(=O)CC1CC1c1ccc(OCCCNC(=O)OC(C)(C)C)cc1. The van der Waals surface area contributed by atoms with Gasteiger partial charge in [0.05, 0.1) is 13.2 Å². The molecule has 0 bridgehead atoms. The second-order valence-electron chi connectivity index (χ2n) is 7.81. The lowest BCUT2D eigenvalue weighted by Gasteiger charge is -2.19. The first-order valence-electron chi connectivity index (χ1n) is 9.63. The first-order valence-corrected chi connectivity index (χ1v) is 9.63. The predicted molar refractivity (Wildman–Crippen MR) is 103 cm³/mol. The maximum atomic E-state index is 11.5. The number of benzene rings is 1. The van der Waals surface area contributed by atoms with E-state index in [0.29, 0.717) is 44.4 Å². The van der Waals surface area contributed by atoms with Crippen molar-refractivity contribution < 1.29 is 23.8 Å². The number of ether oxygens (including phenoxy) is 3. The molecule has 1 saturated carbocycles. The molecule has 0 radical (unpaired) electrons. The highest BCUT2D eigenvalue weighted by Gasteiger charge is 2.39. The molecule has 2 rings (SSSR count). The molecule has 1 fully saturated rings. The van der Waals surface area contributed by atoms with Crippen LogP contribution in [0.4, 0.5) is 4.79 Å². The van der Waals surface area contributed by atoms with Gasteiger partial charge in [0.1, 0.15) is 11.4 Å². The Bertz CT molecular complexity index is 620. The van der Waals surface area contributed by atoms with Crippen molar-refractivity contribution in [1.29, 1.82) is 0 Å². The van der Waals surface area contributed by atoms with Gasteiger partial charge in [-0.3, -0.25) is 4.79 Å². The molecule has 0 aliphatic heterocycles. The van der Waals surface area contributed by atoms with Crippen molar-refractivity contribution in [3.63, 3.8) is 0 Å². The number of hydrogen-bond acceptors (Lipinski definition) is 5. The van der Waals surface area contributed by atoms with Crippen LogP contribution in [-0.4, -0.2) is 37.4 Å². The number of rotatable bonds is 9. The van der Waals surface area contributed by atoms with Gasteiger partial charge in [-0.25, -0.2) is 4.79 Å². The average Bonchev–Trinajstić information content (AvgIpc) is 3.32. The molecule has 2 atom stereocenters. The van der Waals surface area contributed by atoms with Crippen LogP contribution in [0.2, 0.25) is 0 Å². The molecule has 0 saturated heterocycles. The van der Waals surface area contributed by atoms with E-state index in [9.17, 15) is 9.59 Å². The van der Waals surface area contributed by atoms with E-state index in [-0.39, 0.29) is 5.97 Å². The fourth-order valence-electron chi connectivity index (χ4n) is 2.89. The molecule has 0 aromatic heterocycles. The summed E-state index contributed by atoms with van der Waals surface area (Å²) in [6.07, 6.45) is 1.83. The fraction of sp³-hybridized carbons (Fsp3) is 0.619. The zero-order valence-corrected chi connectivity index (χ0v) is 16.7. The summed E-state index contributed by atoms with van der Waals surface area (Å²) in [5, 5.41) is 2.71. The predicted octanol–water partition coefficient (Wildman–Crippen LogP) is 4.04. The molecule has 1 aromatic rings. The first kappa shape index (κ1) is 21.1. The molecule has 2 unspecified atom stereocenters. The van der Waals surface area contributed by atoms with Crippen LogP contribution in [0.15, 0.2) is 24.3 Å². The van der Waals surface area contributed by atoms with Crippen LogP contribution >= 0.6 is 0 Å². The molecule has 0 spiro atoms. The van der Waals surface area contributed by atoms with Gasteiger partial charge in [0.15, 0.2) is 0 Å². The van der Waals surface area contributed by atoms with Crippen LogP contribution in [-0.2, 0) is 14.3 Å². The summed E-state index contributed by atoms with van der Waals surface area (Å²) in [6, 6.07) is 8.03. The van der Waals surface area contributed by atoms with Crippen LogP contribution in [0, 0.1) is 5.92 Å². The number of alkyl carbamates (subject to hydrolysis) is 1. The summed E-state index contributed by atoms with van der Waals surface area (Å²) in [7, 11) is 0. The normalized spacial score (nSPS) is 18.5. The highest BCUT2D eigenvalue weighted by Crippen LogP contribution is 2.49. The highest BCUT2D eigenvalue weighted by molar-refractivity contribution is 5.70. The number of nitrogens with one attached hydrogen (secondary N) is 1. The standard InChI is InChI=1S/C21H31NO5/c1-5-25-19(23)14-16-13-18(16)15-7-9-17(10-8-15)26-12-6-11-22-20(24)27-21(2,3)4/h7-10,16,18H,5-6,11-14H2,1-4H3,(H,22,24). The smallest absolute Gasteiger partial charge is 0.407 e. The number of carbonyl (C=O) groups excluding carboxylic acids is 2. The van der Waals surface area contributed by atoms with E-state index in [1.807, 2.05) is 39.8 Å². The van der Waals surface area contributed by atoms with Gasteiger partial charge in [-0.15, -0.1) is 0 Å². The Morgan fingerprint density at radius 1 is 1.19 bits per heavy atom. The van der Waals surface area contributed by atoms with E-state index in [2.05, 4.69) is 17.4 Å². The van der Waals surface area contributed by atoms with Crippen LogP contribution in [0.25, 0.3) is 0 Å². The van der Waals surface area contributed by atoms with Crippen LogP contribution in [0.1, 0.15) is 58.4 Å². The van der Waals surface area contributed by atoms with E-state index in [1.165, 1.54) is 5.56 Å². The number of amides is 1. The average molecular weight is 377 g/mol. The van der Waals surface area contributed by atoms with Crippen molar-refractivity contribution in [3.05, 3.63) is 29.8 Å². The van der Waals surface area contributed by atoms with E-state index in [0.717, 1.165) is 12.2 Å². The van der Waals surface area contributed by atoms with E-state index >= 15 is 0 Å². The second-order valence-corrected chi connectivity index (χ2v) is 7.81. The monoisotopic (exact) mass is 377 g/mol. The summed E-state index contributed by atoms with van der Waals surface area (Å²) in [4.78, 5) is 23.1. The minimum atomic E-state index is -0.487. The molecule has 0 heterocycles. The topological polar surface area (TPSA) is 73.9 Å². The second kappa shape index (κ2) is 9.62. The third-order valence-corrected chi connectivity index (χ3v) is 4.22. The van der Waals surface area contributed by atoms with Crippen LogP contribution < -0.4 is 10.1 Å². The van der Waals surface area contributed by atoms with E-state index < -0.39 is 11.7 Å². The lowest BCUT2D eigenvalue weighted by molar-refractivity contribution is -0.143. The zero-order chi connectivity index (χ0) is 19.9. The number of hydrogen-bond donors (Lipinski definition) is 1. The molecule has 27 heavy (non-hydrogen) atoms. The molecule has 1 aliphatic carbocycles. The summed E-state index contributed by atoms with van der Waals surface area (Å²) in [5.41, 5.74) is 0.752. The molecule has 1 aromatic carbocycles. The van der Waals surface area contributed by atoms with Crippen molar-refractivity contribution in [1.82, 2.24) is 5.32 Å². The third kappa shape index (κ3) is 7.89. The summed E-state index contributed by atoms with van der Waals surface area (Å²) >= 11 is 0. The third-order valence-electron chi connectivity index (χ3n) is 4.22. The van der Waals surface area contributed by atoms with Crippen LogP contribution in [0.3, 0.4) is 0 Å². The molecule has 1 N–H and O–H groups in total. The highest BCUT2D eigenvalue weighted by atomic mass is 16.6. The van der Waals surface area contributed by atoms with Gasteiger partial charge in [0, 0.05) is 13.0 Å². The van der Waals surface area contributed by atoms with Crippen molar-refractivity contribution in [2.24, 2.45) is 5.92 Å². The molecule has 1 aliphatic rings. The molecule has 1 amide bonds. The van der Waals surface area contributed by atoms with Crippen molar-refractivity contribution >= 4 is 12.1 Å². The van der Waals surface area contributed by atoms with E-state index in [4.69, 9.17) is 14.2 Å². The summed E-state index contributed by atoms with van der Waals surface area (Å²) in [5.74, 6) is 1.54. The zero-order valence-electron chi connectivity index (χ0n) is 16.7. The Morgan fingerprint density at radius 3 is 2.52 bits per heavy atom. The van der Waals surface area contributed by atoms with Gasteiger partial charge >= 0.3 is 12.1 Å². The Kier molecular flexibility index (Phi) is 7.51. The van der Waals surface area contributed by atoms with Crippen LogP contribution in [0.5, 0.6) is 5.75 Å². The van der Waals surface area contributed by atoms with Crippen molar-refractivity contribution in [2.45, 2.75) is 58.5 Å². The van der Waals surface area contributed by atoms with Crippen molar-refractivity contribution in [3.8, 4) is 5.75 Å². The quantitative estimate of drug-likeness (QED) is 0.519. The maximum absolute atomic E-state index is 11.5. The lowest BCUT2D eigenvalue weighted by Crippen LogP contribution is -2.33. The fourth-order valence-corrected chi connectivity index (χ4v) is 2.89. The minimum Gasteiger partial charge on any atom is -0.494 e. The van der Waals surface area contributed by atoms with Crippen molar-refractivity contribution in [2.75, 3.05) is 19.8 Å². The van der Waals surface area contributed by atoms with Gasteiger partial charge in [-0.2, -0.15) is 0 Å². The Labute approximate surface area is 161 Å². The minimum absolute atomic E-state index is 0.107. The van der Waals surface area contributed by atoms with Gasteiger partial charge < -0.3 is 19.5 Å². The largest absolute Gasteiger partial charge is 0.494 e. The summed E-state index contributed by atoms with van der Waals surface area (Å²) in [6.45, 7) is 8.79. The van der Waals surface area contributed by atoms with Gasteiger partial charge in [-0.05, 0) is 70.1 Å². The maximum Gasteiger partial charge on any atom is 0.407 e. The molecule has 150 valence electrons. The lowest BCUT2D eigenvalue weighted by atomic mass is 10.1. The number of carbonyl (C=O) groups is 2. The van der Waals surface area contributed by atoms with Gasteiger partial charge in [0.25, 0.3) is 0 Å². The Balaban J connectivity index is 1.62. The molecule has 6 nitrogen and oxygen atoms in total. The Hall–Kier alpha value is -2.24. The summed E-state index contributed by atoms with van der Waals surface area (Å²) < 4.78 is 15.9. The Morgan fingerprint density at radius 2 is 1.89 bits per heavy atom. The van der Waals surface area contributed by atoms with Gasteiger partial charge in [-0.1, -0.05) is 12.1 Å². The first-order chi connectivity index (χ1) is 12.8. The number of esters is 1. The molecule has 6 heteroatoms. The van der Waals surface area contributed by atoms with Gasteiger partial charge in [0.2, 0.25) is 0 Å². The molecular formula is C21H31NO5. The molecular weight excluding hydrogens is 346 g/mol.